The van der Waals surface area contributed by atoms with Gasteiger partial charge in [-0.2, -0.15) is 0 Å². The molecule has 1 rings (SSSR count). The van der Waals surface area contributed by atoms with E-state index in [0.29, 0.717) is 12.2 Å². The number of ether oxygens (including phenoxy) is 1. The third-order valence-corrected chi connectivity index (χ3v) is 5.52. The van der Waals surface area contributed by atoms with Gasteiger partial charge in [0.15, 0.2) is 0 Å². The van der Waals surface area contributed by atoms with E-state index in [1.54, 1.807) is 6.92 Å². The maximum Gasteiger partial charge on any atom is 0.333 e. The monoisotopic (exact) mass is 336 g/mol. The number of carbonyl (C=O) groups excluding carboxylic acids is 1. The largest absolute Gasteiger partial charge is 0.462 e. The summed E-state index contributed by atoms with van der Waals surface area (Å²) < 4.78 is 5.18. The number of unbranched alkanes of at least 4 members (excludes halogenated alkanes) is 6. The van der Waals surface area contributed by atoms with Gasteiger partial charge < -0.3 is 4.74 Å². The Balaban J connectivity index is 1.94. The highest BCUT2D eigenvalue weighted by Gasteiger charge is 2.20. The minimum absolute atomic E-state index is 0.242. The van der Waals surface area contributed by atoms with Crippen LogP contribution in [0.2, 0.25) is 0 Å². The number of hydrogen-bond acceptors (Lipinski definition) is 2. The Kier molecular flexibility index (Phi) is 12.0. The minimum atomic E-state index is -0.242. The summed E-state index contributed by atoms with van der Waals surface area (Å²) in [4.78, 5) is 11.3. The summed E-state index contributed by atoms with van der Waals surface area (Å²) in [6.45, 7) is 8.15. The molecule has 1 aliphatic carbocycles. The molecule has 2 nitrogen and oxygen atoms in total. The zero-order chi connectivity index (χ0) is 17.6. The van der Waals surface area contributed by atoms with E-state index < -0.39 is 0 Å². The Labute approximate surface area is 150 Å². The first kappa shape index (κ1) is 21.3. The minimum Gasteiger partial charge on any atom is -0.462 e. The van der Waals surface area contributed by atoms with Crippen molar-refractivity contribution in [3.63, 3.8) is 0 Å². The molecule has 0 heterocycles. The van der Waals surface area contributed by atoms with E-state index in [-0.39, 0.29) is 5.97 Å². The molecule has 0 spiro atoms. The molecule has 0 N–H and O–H groups in total. The second kappa shape index (κ2) is 13.5. The van der Waals surface area contributed by atoms with Gasteiger partial charge in [0.2, 0.25) is 0 Å². The van der Waals surface area contributed by atoms with Crippen molar-refractivity contribution in [2.24, 2.45) is 11.8 Å². The Bertz CT molecular complexity index is 340. The second-order valence-corrected chi connectivity index (χ2v) is 7.86. The molecule has 0 atom stereocenters. The average Bonchev–Trinajstić information content (AvgIpc) is 2.58. The molecule has 0 aromatic carbocycles. The molecular formula is C22H40O2. The first-order chi connectivity index (χ1) is 11.6. The SMILES string of the molecule is C=C(C)C(=O)OCCCC1CCC(CCCCCCCCC)CC1. The third-order valence-electron chi connectivity index (χ3n) is 5.52. The van der Waals surface area contributed by atoms with E-state index in [1.165, 1.54) is 83.5 Å². The maximum absolute atomic E-state index is 11.3. The Morgan fingerprint density at radius 3 is 1.92 bits per heavy atom. The predicted octanol–water partition coefficient (Wildman–Crippen LogP) is 6.83. The molecule has 2 heteroatoms. The van der Waals surface area contributed by atoms with E-state index in [4.69, 9.17) is 4.74 Å². The number of hydrogen-bond donors (Lipinski definition) is 0. The van der Waals surface area contributed by atoms with E-state index in [1.807, 2.05) is 0 Å². The molecule has 24 heavy (non-hydrogen) atoms. The van der Waals surface area contributed by atoms with Crippen LogP contribution in [-0.2, 0) is 9.53 Å². The quantitative estimate of drug-likeness (QED) is 0.209. The molecule has 0 radical (unpaired) electrons. The predicted molar refractivity (Wildman–Crippen MR) is 103 cm³/mol. The summed E-state index contributed by atoms with van der Waals surface area (Å²) in [7, 11) is 0. The molecule has 1 aliphatic rings. The summed E-state index contributed by atoms with van der Waals surface area (Å²) in [6.07, 6.45) is 19.3. The lowest BCUT2D eigenvalue weighted by atomic mass is 9.78. The fourth-order valence-electron chi connectivity index (χ4n) is 3.86. The molecule has 140 valence electrons. The van der Waals surface area contributed by atoms with Gasteiger partial charge in [-0.05, 0) is 31.6 Å². The van der Waals surface area contributed by atoms with Gasteiger partial charge in [-0.3, -0.25) is 0 Å². The van der Waals surface area contributed by atoms with Crippen molar-refractivity contribution in [3.8, 4) is 0 Å². The van der Waals surface area contributed by atoms with Gasteiger partial charge in [-0.1, -0.05) is 90.6 Å². The fraction of sp³-hybridized carbons (Fsp3) is 0.864. The van der Waals surface area contributed by atoms with Gasteiger partial charge in [0.05, 0.1) is 6.61 Å². The zero-order valence-corrected chi connectivity index (χ0v) is 16.3. The van der Waals surface area contributed by atoms with Gasteiger partial charge in [-0.15, -0.1) is 0 Å². The van der Waals surface area contributed by atoms with Crippen molar-refractivity contribution in [2.75, 3.05) is 6.61 Å². The Morgan fingerprint density at radius 1 is 0.875 bits per heavy atom. The summed E-state index contributed by atoms with van der Waals surface area (Å²) in [6, 6.07) is 0. The molecule has 1 saturated carbocycles. The highest BCUT2D eigenvalue weighted by atomic mass is 16.5. The molecule has 0 unspecified atom stereocenters. The van der Waals surface area contributed by atoms with Gasteiger partial charge in [0.1, 0.15) is 0 Å². The van der Waals surface area contributed by atoms with E-state index in [0.717, 1.165) is 18.3 Å². The highest BCUT2D eigenvalue weighted by Crippen LogP contribution is 2.34. The molecule has 0 aromatic heterocycles. The number of rotatable bonds is 13. The van der Waals surface area contributed by atoms with Crippen molar-refractivity contribution >= 4 is 5.97 Å². The lowest BCUT2D eigenvalue weighted by molar-refractivity contribution is -0.139. The molecule has 0 saturated heterocycles. The lowest BCUT2D eigenvalue weighted by Crippen LogP contribution is -2.15. The van der Waals surface area contributed by atoms with Gasteiger partial charge in [0, 0.05) is 5.57 Å². The maximum atomic E-state index is 11.3. The summed E-state index contributed by atoms with van der Waals surface area (Å²) >= 11 is 0. The molecule has 0 bridgehead atoms. The number of esters is 1. The summed E-state index contributed by atoms with van der Waals surface area (Å²) in [5.74, 6) is 1.60. The van der Waals surface area contributed by atoms with Crippen LogP contribution >= 0.6 is 0 Å². The first-order valence-corrected chi connectivity index (χ1v) is 10.5. The number of carbonyl (C=O) groups is 1. The van der Waals surface area contributed by atoms with E-state index in [2.05, 4.69) is 13.5 Å². The first-order valence-electron chi connectivity index (χ1n) is 10.5. The van der Waals surface area contributed by atoms with E-state index in [9.17, 15) is 4.79 Å². The van der Waals surface area contributed by atoms with Crippen molar-refractivity contribution in [1.82, 2.24) is 0 Å². The van der Waals surface area contributed by atoms with Crippen LogP contribution in [0.1, 0.15) is 104 Å². The zero-order valence-electron chi connectivity index (χ0n) is 16.3. The molecule has 0 amide bonds. The average molecular weight is 337 g/mol. The second-order valence-electron chi connectivity index (χ2n) is 7.86. The van der Waals surface area contributed by atoms with Crippen LogP contribution in [-0.4, -0.2) is 12.6 Å². The standard InChI is InChI=1S/C22H40O2/c1-4-5-6-7-8-9-10-12-20-14-16-21(17-15-20)13-11-18-24-22(23)19(2)3/h20-21H,2,4-18H2,1,3H3. The van der Waals surface area contributed by atoms with Crippen molar-refractivity contribution in [3.05, 3.63) is 12.2 Å². The van der Waals surface area contributed by atoms with Crippen molar-refractivity contribution in [1.29, 1.82) is 0 Å². The molecule has 0 aliphatic heterocycles. The summed E-state index contributed by atoms with van der Waals surface area (Å²) in [5, 5.41) is 0. The van der Waals surface area contributed by atoms with Crippen LogP contribution in [0.3, 0.4) is 0 Å². The van der Waals surface area contributed by atoms with E-state index >= 15 is 0 Å². The van der Waals surface area contributed by atoms with Crippen molar-refractivity contribution in [2.45, 2.75) is 104 Å². The van der Waals surface area contributed by atoms with Crippen molar-refractivity contribution < 1.29 is 9.53 Å². The van der Waals surface area contributed by atoms with Crippen LogP contribution in [0.25, 0.3) is 0 Å². The normalized spacial score (nSPS) is 20.8. The smallest absolute Gasteiger partial charge is 0.333 e. The van der Waals surface area contributed by atoms with Gasteiger partial charge in [-0.25, -0.2) is 4.79 Å². The molecule has 1 fully saturated rings. The van der Waals surface area contributed by atoms with Crippen LogP contribution in [0.5, 0.6) is 0 Å². The van der Waals surface area contributed by atoms with Crippen LogP contribution in [0.4, 0.5) is 0 Å². The Morgan fingerprint density at radius 2 is 1.38 bits per heavy atom. The molecular weight excluding hydrogens is 296 g/mol. The third kappa shape index (κ3) is 10.2. The van der Waals surface area contributed by atoms with Gasteiger partial charge in [0.25, 0.3) is 0 Å². The van der Waals surface area contributed by atoms with Gasteiger partial charge >= 0.3 is 5.97 Å². The Hall–Kier alpha value is -0.790. The highest BCUT2D eigenvalue weighted by molar-refractivity contribution is 5.86. The van der Waals surface area contributed by atoms with Crippen LogP contribution < -0.4 is 0 Å². The van der Waals surface area contributed by atoms with Crippen LogP contribution in [0.15, 0.2) is 12.2 Å². The lowest BCUT2D eigenvalue weighted by Gasteiger charge is -2.28. The fourth-order valence-corrected chi connectivity index (χ4v) is 3.86. The van der Waals surface area contributed by atoms with Crippen LogP contribution in [0, 0.1) is 11.8 Å². The topological polar surface area (TPSA) is 26.3 Å². The summed E-state index contributed by atoms with van der Waals surface area (Å²) in [5.41, 5.74) is 0.501. The molecule has 0 aromatic rings.